The molecule has 1 amide bonds. The van der Waals surface area contributed by atoms with Crippen LogP contribution in [0.25, 0.3) is 0 Å². The van der Waals surface area contributed by atoms with Crippen LogP contribution in [-0.2, 0) is 6.42 Å². The number of nitrogens with two attached hydrogens (primary N) is 1. The standard InChI is InChI=1S/C26H28N5O.3H2/c1-17(2)25(13-27)29-14-18(3)30-19(4)22-6-5-7-24(12-22)31-26(32)23-11-21(15-28-16-23)10-20-8-9-20;;;/h5-9,11-16,19H,1,10,27H2,2-4H3,(H,31,32);3*1H/b25-13+,29-14?,30-18?;;;/t19-;;;/m0.../s1. The normalized spacial score (nSPS) is 14.8. The molecule has 0 spiro atoms. The maximum absolute atomic E-state index is 12.7. The maximum Gasteiger partial charge on any atom is 0.257 e. The number of hydrogen-bond acceptors (Lipinski definition) is 5. The summed E-state index contributed by atoms with van der Waals surface area (Å²) in [6.07, 6.45) is 11.4. The predicted molar refractivity (Wildman–Crippen MR) is 138 cm³/mol. The van der Waals surface area contributed by atoms with E-state index in [1.54, 1.807) is 18.6 Å². The summed E-state index contributed by atoms with van der Waals surface area (Å²) >= 11 is 0. The first-order valence-electron chi connectivity index (χ1n) is 10.4. The topological polar surface area (TPSA) is 92.7 Å². The highest BCUT2D eigenvalue weighted by atomic mass is 16.1. The van der Waals surface area contributed by atoms with Gasteiger partial charge < -0.3 is 11.1 Å². The molecule has 0 fully saturated rings. The molecule has 1 aliphatic rings. The third-order valence-electron chi connectivity index (χ3n) is 4.88. The maximum atomic E-state index is 12.7. The van der Waals surface area contributed by atoms with E-state index in [4.69, 9.17) is 5.73 Å². The number of rotatable bonds is 9. The highest BCUT2D eigenvalue weighted by molar-refractivity contribution is 6.29. The third kappa shape index (κ3) is 6.60. The van der Waals surface area contributed by atoms with Crippen LogP contribution in [0.2, 0.25) is 0 Å². The molecule has 169 valence electrons. The lowest BCUT2D eigenvalue weighted by Gasteiger charge is -2.11. The summed E-state index contributed by atoms with van der Waals surface area (Å²) < 4.78 is 0. The van der Waals surface area contributed by atoms with Gasteiger partial charge in [-0.3, -0.25) is 19.8 Å². The number of nitrogens with one attached hydrogen (secondary N) is 1. The van der Waals surface area contributed by atoms with Crippen LogP contribution in [0, 0.1) is 6.42 Å². The van der Waals surface area contributed by atoms with Crippen molar-refractivity contribution >= 4 is 23.5 Å². The van der Waals surface area contributed by atoms with Crippen LogP contribution in [-0.4, -0.2) is 22.8 Å². The molecule has 6 heteroatoms. The van der Waals surface area contributed by atoms with Gasteiger partial charge in [-0.1, -0.05) is 30.4 Å². The molecule has 6 nitrogen and oxygen atoms in total. The lowest BCUT2D eigenvalue weighted by atomic mass is 10.1. The first kappa shape index (κ1) is 22.9. The summed E-state index contributed by atoms with van der Waals surface area (Å²) in [6, 6.07) is 9.44. The number of anilines is 1. The van der Waals surface area contributed by atoms with E-state index in [0.717, 1.165) is 28.8 Å². The van der Waals surface area contributed by atoms with Gasteiger partial charge in [0, 0.05) is 41.2 Å². The largest absolute Gasteiger partial charge is 0.403 e. The minimum absolute atomic E-state index is 0. The van der Waals surface area contributed by atoms with E-state index in [9.17, 15) is 4.79 Å². The van der Waals surface area contributed by atoms with E-state index in [-0.39, 0.29) is 16.2 Å². The van der Waals surface area contributed by atoms with Crippen molar-refractivity contribution in [2.45, 2.75) is 33.2 Å². The van der Waals surface area contributed by atoms with Crippen molar-refractivity contribution in [1.82, 2.24) is 4.98 Å². The van der Waals surface area contributed by atoms with Gasteiger partial charge in [-0.2, -0.15) is 0 Å². The van der Waals surface area contributed by atoms with Gasteiger partial charge in [0.05, 0.1) is 23.0 Å². The minimum atomic E-state index is -0.189. The molecule has 0 saturated heterocycles. The van der Waals surface area contributed by atoms with Gasteiger partial charge in [0.2, 0.25) is 0 Å². The van der Waals surface area contributed by atoms with Crippen LogP contribution in [0.4, 0.5) is 5.69 Å². The van der Waals surface area contributed by atoms with Crippen molar-refractivity contribution < 1.29 is 9.07 Å². The van der Waals surface area contributed by atoms with Gasteiger partial charge in [-0.05, 0) is 62.1 Å². The van der Waals surface area contributed by atoms with Crippen LogP contribution in [0.1, 0.15) is 52.6 Å². The highest BCUT2D eigenvalue weighted by Crippen LogP contribution is 2.23. The Morgan fingerprint density at radius 3 is 2.78 bits per heavy atom. The van der Waals surface area contributed by atoms with E-state index in [2.05, 4.69) is 39.4 Å². The van der Waals surface area contributed by atoms with E-state index in [1.807, 2.05) is 51.1 Å². The Kier molecular flexibility index (Phi) is 7.49. The Balaban J connectivity index is 0.00000385. The molecule has 1 aromatic heterocycles. The second-order valence-electron chi connectivity index (χ2n) is 7.78. The van der Waals surface area contributed by atoms with Gasteiger partial charge in [-0.25, -0.2) is 0 Å². The zero-order valence-electron chi connectivity index (χ0n) is 18.7. The van der Waals surface area contributed by atoms with Gasteiger partial charge >= 0.3 is 0 Å². The molecule has 1 aromatic carbocycles. The smallest absolute Gasteiger partial charge is 0.257 e. The molecule has 0 unspecified atom stereocenters. The van der Waals surface area contributed by atoms with E-state index < -0.39 is 0 Å². The molecule has 1 heterocycles. The van der Waals surface area contributed by atoms with Crippen molar-refractivity contribution in [3.05, 3.63) is 102 Å². The zero-order chi connectivity index (χ0) is 23.1. The number of allylic oxidation sites excluding steroid dienone is 3. The fraction of sp³-hybridized carbons (Fsp3) is 0.192. The zero-order valence-corrected chi connectivity index (χ0v) is 18.7. The summed E-state index contributed by atoms with van der Waals surface area (Å²) in [5.74, 6) is -0.189. The van der Waals surface area contributed by atoms with Crippen LogP contribution in [0.3, 0.4) is 0 Å². The van der Waals surface area contributed by atoms with Crippen molar-refractivity contribution in [3.63, 3.8) is 0 Å². The second-order valence-corrected chi connectivity index (χ2v) is 7.78. The number of nitrogens with zero attached hydrogens (tertiary/aromatic N) is 3. The lowest BCUT2D eigenvalue weighted by Crippen LogP contribution is -2.13. The van der Waals surface area contributed by atoms with Crippen LogP contribution < -0.4 is 11.1 Å². The average Bonchev–Trinajstić information content (AvgIpc) is 3.58. The predicted octanol–water partition coefficient (Wildman–Crippen LogP) is 5.73. The highest BCUT2D eigenvalue weighted by Gasteiger charge is 2.12. The Morgan fingerprint density at radius 2 is 2.09 bits per heavy atom. The quantitative estimate of drug-likeness (QED) is 0.391. The van der Waals surface area contributed by atoms with Gasteiger partial charge in [0.15, 0.2) is 0 Å². The minimum Gasteiger partial charge on any atom is -0.403 e. The van der Waals surface area contributed by atoms with Crippen molar-refractivity contribution in [1.29, 1.82) is 0 Å². The molecule has 1 aliphatic carbocycles. The summed E-state index contributed by atoms with van der Waals surface area (Å²) in [5.41, 5.74) is 12.3. The molecule has 3 N–H and O–H groups in total. The molecular formula is C26H34N5O. The van der Waals surface area contributed by atoms with E-state index in [0.29, 0.717) is 16.9 Å². The van der Waals surface area contributed by atoms with Crippen molar-refractivity contribution in [3.8, 4) is 0 Å². The van der Waals surface area contributed by atoms with Gasteiger partial charge in [0.25, 0.3) is 5.91 Å². The monoisotopic (exact) mass is 432 g/mol. The fourth-order valence-electron chi connectivity index (χ4n) is 3.07. The lowest BCUT2D eigenvalue weighted by molar-refractivity contribution is 0.102. The summed E-state index contributed by atoms with van der Waals surface area (Å²) in [4.78, 5) is 25.9. The van der Waals surface area contributed by atoms with Gasteiger partial charge in [0.1, 0.15) is 0 Å². The summed E-state index contributed by atoms with van der Waals surface area (Å²) in [5, 5.41) is 2.96. The van der Waals surface area contributed by atoms with E-state index in [1.165, 1.54) is 11.8 Å². The fourth-order valence-corrected chi connectivity index (χ4v) is 3.07. The van der Waals surface area contributed by atoms with E-state index >= 15 is 0 Å². The average molecular weight is 433 g/mol. The Morgan fingerprint density at radius 1 is 1.31 bits per heavy atom. The van der Waals surface area contributed by atoms with Crippen LogP contribution >= 0.6 is 0 Å². The van der Waals surface area contributed by atoms with Crippen LogP contribution in [0.15, 0.2) is 88.4 Å². The van der Waals surface area contributed by atoms with Crippen LogP contribution in [0.5, 0.6) is 0 Å². The number of carbonyl (C=O) groups excluding carboxylic acids is 1. The number of pyridine rings is 1. The number of carbonyl (C=O) groups is 1. The number of hydrogen-bond donors (Lipinski definition) is 2. The summed E-state index contributed by atoms with van der Waals surface area (Å²) in [7, 11) is 0. The molecule has 3 rings (SSSR count). The number of amides is 1. The first-order valence-corrected chi connectivity index (χ1v) is 10.4. The molecule has 0 aliphatic heterocycles. The first-order chi connectivity index (χ1) is 15.4. The third-order valence-corrected chi connectivity index (χ3v) is 4.88. The molecule has 32 heavy (non-hydrogen) atoms. The van der Waals surface area contributed by atoms with Crippen molar-refractivity contribution in [2.24, 2.45) is 15.7 Å². The SMILES string of the molecule is C=C(C)/C(=C\N)N=CC(C)=N[C@@H](C)c1cccc(NC(=O)c2cncc(CC3=C[CH]3)c2)c1.[HH].[HH].[HH]. The Bertz CT molecular complexity index is 1160. The number of aromatic nitrogens is 1. The Hall–Kier alpha value is -3.80. The second kappa shape index (κ2) is 10.5. The molecular weight excluding hydrogens is 398 g/mol. The number of aliphatic imine (C=N–C) groups is 2. The molecule has 1 atom stereocenters. The molecule has 0 saturated carbocycles. The molecule has 0 bridgehead atoms. The van der Waals surface area contributed by atoms with Gasteiger partial charge in [-0.15, -0.1) is 0 Å². The molecule has 2 aromatic rings. The summed E-state index contributed by atoms with van der Waals surface area (Å²) in [6.45, 7) is 9.57. The Labute approximate surface area is 193 Å². The van der Waals surface area contributed by atoms with Crippen molar-refractivity contribution in [2.75, 3.05) is 5.32 Å². The molecule has 1 radical (unpaired) electrons. The number of benzene rings is 1.